The van der Waals surface area contributed by atoms with Crippen LogP contribution in [0.1, 0.15) is 28.8 Å². The smallest absolute Gasteiger partial charge is 0.251 e. The zero-order chi connectivity index (χ0) is 13.5. The van der Waals surface area contributed by atoms with Gasteiger partial charge in [0.1, 0.15) is 5.84 Å². The highest BCUT2D eigenvalue weighted by atomic mass is 79.9. The molecule has 0 aliphatic rings. The monoisotopic (exact) mass is 313 g/mol. The Morgan fingerprint density at radius 3 is 2.89 bits per heavy atom. The van der Waals surface area contributed by atoms with Crippen LogP contribution in [0.3, 0.4) is 0 Å². The number of carbonyl (C=O) groups excluding carboxylic acids is 1. The van der Waals surface area contributed by atoms with Crippen molar-refractivity contribution in [2.45, 2.75) is 19.8 Å². The summed E-state index contributed by atoms with van der Waals surface area (Å²) >= 11 is 3.38. The van der Waals surface area contributed by atoms with Gasteiger partial charge in [-0.05, 0) is 37.1 Å². The molecule has 6 heteroatoms. The Labute approximate surface area is 114 Å². The number of nitrogens with two attached hydrogens (primary N) is 1. The summed E-state index contributed by atoms with van der Waals surface area (Å²) in [5.74, 6) is 0.0499. The minimum atomic E-state index is -0.120. The maximum atomic E-state index is 11.8. The number of rotatable bonds is 5. The summed E-state index contributed by atoms with van der Waals surface area (Å²) in [5, 5.41) is 14.0. The van der Waals surface area contributed by atoms with Crippen LogP contribution in [-0.4, -0.2) is 23.5 Å². The van der Waals surface area contributed by atoms with Gasteiger partial charge in [0.15, 0.2) is 0 Å². The van der Waals surface area contributed by atoms with E-state index >= 15 is 0 Å². The van der Waals surface area contributed by atoms with Gasteiger partial charge < -0.3 is 16.3 Å². The molecule has 1 amide bonds. The summed E-state index contributed by atoms with van der Waals surface area (Å²) in [6, 6.07) is 5.43. The fraction of sp³-hybridized carbons (Fsp3) is 0.333. The van der Waals surface area contributed by atoms with Gasteiger partial charge in [-0.3, -0.25) is 4.79 Å². The lowest BCUT2D eigenvalue weighted by Crippen LogP contribution is -2.25. The average Bonchev–Trinajstić information content (AvgIpc) is 2.37. The van der Waals surface area contributed by atoms with Gasteiger partial charge in [-0.15, -0.1) is 0 Å². The van der Waals surface area contributed by atoms with E-state index in [9.17, 15) is 4.79 Å². The number of halogens is 1. The lowest BCUT2D eigenvalue weighted by Gasteiger charge is -2.06. The fourth-order valence-electron chi connectivity index (χ4n) is 1.41. The number of nitrogens with zero attached hydrogens (tertiary/aromatic N) is 1. The van der Waals surface area contributed by atoms with E-state index in [0.29, 0.717) is 24.9 Å². The van der Waals surface area contributed by atoms with E-state index in [1.807, 2.05) is 19.1 Å². The topological polar surface area (TPSA) is 87.7 Å². The number of amides is 1. The Hall–Kier alpha value is -1.56. The van der Waals surface area contributed by atoms with Gasteiger partial charge in [-0.2, -0.15) is 0 Å². The number of hydrogen-bond acceptors (Lipinski definition) is 3. The number of benzene rings is 1. The molecule has 0 radical (unpaired) electrons. The van der Waals surface area contributed by atoms with Crippen LogP contribution in [-0.2, 0) is 0 Å². The highest BCUT2D eigenvalue weighted by molar-refractivity contribution is 9.10. The average molecular weight is 314 g/mol. The Kier molecular flexibility index (Phi) is 5.64. The molecule has 0 bridgehead atoms. The first kappa shape index (κ1) is 14.5. The van der Waals surface area contributed by atoms with Crippen molar-refractivity contribution in [3.63, 3.8) is 0 Å². The first-order valence-corrected chi connectivity index (χ1v) is 6.34. The van der Waals surface area contributed by atoms with Crippen LogP contribution in [0.5, 0.6) is 0 Å². The molecule has 18 heavy (non-hydrogen) atoms. The van der Waals surface area contributed by atoms with Crippen LogP contribution in [0.4, 0.5) is 0 Å². The second-order valence-corrected chi connectivity index (χ2v) is 4.77. The van der Waals surface area contributed by atoms with Crippen molar-refractivity contribution in [2.75, 3.05) is 6.54 Å². The zero-order valence-corrected chi connectivity index (χ0v) is 11.7. The Morgan fingerprint density at radius 1 is 1.56 bits per heavy atom. The maximum absolute atomic E-state index is 11.8. The molecule has 4 N–H and O–H groups in total. The molecule has 0 heterocycles. The van der Waals surface area contributed by atoms with E-state index in [2.05, 4.69) is 26.4 Å². The van der Waals surface area contributed by atoms with E-state index in [1.54, 1.807) is 6.07 Å². The molecular weight excluding hydrogens is 298 g/mol. The van der Waals surface area contributed by atoms with Gasteiger partial charge in [0, 0.05) is 23.0 Å². The molecule has 0 atom stereocenters. The predicted octanol–water partition coefficient (Wildman–Crippen LogP) is 2.01. The molecule has 1 aromatic carbocycles. The van der Waals surface area contributed by atoms with Gasteiger partial charge in [0.2, 0.25) is 0 Å². The van der Waals surface area contributed by atoms with E-state index in [-0.39, 0.29) is 11.7 Å². The van der Waals surface area contributed by atoms with E-state index < -0.39 is 0 Å². The molecule has 1 aromatic rings. The van der Waals surface area contributed by atoms with Gasteiger partial charge in [0.05, 0.1) is 0 Å². The number of hydrogen-bond donors (Lipinski definition) is 3. The van der Waals surface area contributed by atoms with Crippen LogP contribution < -0.4 is 11.1 Å². The van der Waals surface area contributed by atoms with E-state index in [4.69, 9.17) is 10.9 Å². The third-order valence-electron chi connectivity index (χ3n) is 2.44. The third-order valence-corrected chi connectivity index (χ3v) is 3.33. The highest BCUT2D eigenvalue weighted by Gasteiger charge is 2.06. The molecule has 0 saturated carbocycles. The molecule has 0 saturated heterocycles. The molecule has 0 fully saturated rings. The largest absolute Gasteiger partial charge is 0.409 e. The molecule has 0 aliphatic carbocycles. The molecule has 5 nitrogen and oxygen atoms in total. The van der Waals surface area contributed by atoms with Gasteiger partial charge in [-0.25, -0.2) is 0 Å². The summed E-state index contributed by atoms with van der Waals surface area (Å²) in [6.07, 6.45) is 1.09. The van der Waals surface area contributed by atoms with Crippen molar-refractivity contribution < 1.29 is 10.0 Å². The second kappa shape index (κ2) is 7.00. The summed E-state index contributed by atoms with van der Waals surface area (Å²) in [6.45, 7) is 2.42. The molecule has 1 rings (SSSR count). The van der Waals surface area contributed by atoms with Crippen molar-refractivity contribution >= 4 is 27.7 Å². The van der Waals surface area contributed by atoms with Gasteiger partial charge in [-0.1, -0.05) is 21.1 Å². The molecular formula is C12H16BrN3O2. The summed E-state index contributed by atoms with van der Waals surface area (Å²) < 4.78 is 0.978. The molecule has 0 spiro atoms. The molecule has 0 aromatic heterocycles. The quantitative estimate of drug-likeness (QED) is 0.255. The third kappa shape index (κ3) is 4.37. The van der Waals surface area contributed by atoms with Crippen molar-refractivity contribution in [3.05, 3.63) is 33.8 Å². The second-order valence-electron chi connectivity index (χ2n) is 3.91. The van der Waals surface area contributed by atoms with Crippen LogP contribution in [0.15, 0.2) is 27.8 Å². The predicted molar refractivity (Wildman–Crippen MR) is 73.9 cm³/mol. The van der Waals surface area contributed by atoms with Crippen molar-refractivity contribution in [2.24, 2.45) is 10.9 Å². The first-order chi connectivity index (χ1) is 8.54. The number of carbonyl (C=O) groups is 1. The standard InChI is InChI=1S/C12H16BrN3O2/c1-8-7-9(4-5-10(8)13)12(17)15-6-2-3-11(14)16-18/h4-5,7,18H,2-3,6H2,1H3,(H2,14,16)(H,15,17). The Morgan fingerprint density at radius 2 is 2.28 bits per heavy atom. The van der Waals surface area contributed by atoms with Gasteiger partial charge in [0.25, 0.3) is 5.91 Å². The van der Waals surface area contributed by atoms with Crippen LogP contribution >= 0.6 is 15.9 Å². The van der Waals surface area contributed by atoms with Crippen LogP contribution in [0.2, 0.25) is 0 Å². The molecule has 98 valence electrons. The van der Waals surface area contributed by atoms with Crippen molar-refractivity contribution in [1.82, 2.24) is 5.32 Å². The normalized spacial score (nSPS) is 11.3. The Balaban J connectivity index is 2.43. The SMILES string of the molecule is Cc1cc(C(=O)NCCC/C(N)=N/O)ccc1Br. The maximum Gasteiger partial charge on any atom is 0.251 e. The number of oxime groups is 1. The van der Waals surface area contributed by atoms with E-state index in [1.165, 1.54) is 0 Å². The molecule has 0 unspecified atom stereocenters. The number of aryl methyl sites for hydroxylation is 1. The summed E-state index contributed by atoms with van der Waals surface area (Å²) in [7, 11) is 0. The van der Waals surface area contributed by atoms with E-state index in [0.717, 1.165) is 10.0 Å². The lowest BCUT2D eigenvalue weighted by molar-refractivity contribution is 0.0953. The van der Waals surface area contributed by atoms with Crippen molar-refractivity contribution in [3.8, 4) is 0 Å². The fourth-order valence-corrected chi connectivity index (χ4v) is 1.66. The van der Waals surface area contributed by atoms with Crippen molar-refractivity contribution in [1.29, 1.82) is 0 Å². The molecule has 0 aliphatic heterocycles. The minimum Gasteiger partial charge on any atom is -0.409 e. The first-order valence-electron chi connectivity index (χ1n) is 5.55. The highest BCUT2D eigenvalue weighted by Crippen LogP contribution is 2.16. The number of nitrogens with one attached hydrogen (secondary N) is 1. The zero-order valence-electron chi connectivity index (χ0n) is 10.1. The number of amidine groups is 1. The van der Waals surface area contributed by atoms with Crippen LogP contribution in [0.25, 0.3) is 0 Å². The summed E-state index contributed by atoms with van der Waals surface area (Å²) in [5.41, 5.74) is 6.96. The van der Waals surface area contributed by atoms with Crippen LogP contribution in [0, 0.1) is 6.92 Å². The Bertz CT molecular complexity index is 461. The summed E-state index contributed by atoms with van der Waals surface area (Å²) in [4.78, 5) is 11.8. The minimum absolute atomic E-state index is 0.120. The van der Waals surface area contributed by atoms with Gasteiger partial charge >= 0.3 is 0 Å². The lowest BCUT2D eigenvalue weighted by atomic mass is 10.1.